The first-order valence-electron chi connectivity index (χ1n) is 34.1. The van der Waals surface area contributed by atoms with Gasteiger partial charge in [-0.1, -0.05) is 206 Å². The zero-order valence-electron chi connectivity index (χ0n) is 60.3. The lowest BCUT2D eigenvalue weighted by atomic mass is 10.1. The maximum Gasteiger partial charge on any atom is 0.337 e. The molecule has 0 saturated heterocycles. The average Bonchev–Trinajstić information content (AvgIpc) is 0.847. The molecule has 0 unspecified atom stereocenters. The van der Waals surface area contributed by atoms with Gasteiger partial charge in [-0.05, 0) is 242 Å². The Balaban J connectivity index is 0.000000178. The standard InChI is InChI=1S/C16H17ClN2O.C16H16ClNO.C15H16ClN.C14H12ClNO2.C13H11BrClN.C13H13ClN2/c1-3-16(20)19-15-9-5-4-8-14(15)18-13-10-6-7-12(17)11(13)2;1-3-16(19)12-7-4-5-9-15(12)18-14-10-6-8-13(17)11(14)2;1-3-12-7-4-5-9-15(12)17-14-10-6-8-13(16)11(14)2;1-9-11(15)6-4-8-12(9)16-13-7-3-2-5-10(13)14(17)18;1-9-11(15)6-4-8-12(9)16-13-7-3-2-5-10(13)14;1-9-10(14)5-4-8-12(9)16-13-7-3-2-6-11(13)15/h4-10,18H,3H2,1-2H3,(H,19,20);4-10,18H,3H2,1-2H3;4-10,17H,3H2,1-2H3;2-8,16H,1H3,(H,17,18);2-8,16H,1H3;2-8,16H,15H2,1H3. The van der Waals surface area contributed by atoms with Gasteiger partial charge in [0, 0.05) is 98.5 Å². The Bertz CT molecular complexity index is 4870. The Morgan fingerprint density at radius 3 is 0.981 bits per heavy atom. The molecule has 546 valence electrons. The van der Waals surface area contributed by atoms with Gasteiger partial charge in [0.1, 0.15) is 0 Å². The van der Waals surface area contributed by atoms with Crippen LogP contribution in [-0.2, 0) is 11.2 Å². The number of rotatable bonds is 18. The highest BCUT2D eigenvalue weighted by Crippen LogP contribution is 2.35. The van der Waals surface area contributed by atoms with E-state index in [1.54, 1.807) is 30.3 Å². The number of Topliss-reactive ketones (excluding diaryl/α,β-unsaturated/α-hetero) is 1. The number of anilines is 14. The smallest absolute Gasteiger partial charge is 0.337 e. The number of benzene rings is 12. The Hall–Kier alpha value is -9.93. The SMILES string of the molecule is CCC(=O)Nc1ccccc1Nc1cccc(Cl)c1C.CCC(=O)c1ccccc1Nc1cccc(Cl)c1C.CCc1ccccc1Nc1cccc(Cl)c1C.Cc1c(Cl)cccc1Nc1ccccc1Br.Cc1c(Cl)cccc1Nc1ccccc1C(=O)O.Cc1c(Cl)cccc1Nc1ccccc1N. The molecule has 0 aliphatic carbocycles. The molecule has 0 bridgehead atoms. The molecule has 0 fully saturated rings. The number of aryl methyl sites for hydroxylation is 1. The topological polar surface area (TPSA) is 182 Å². The molecule has 19 heteroatoms. The van der Waals surface area contributed by atoms with Crippen LogP contribution in [0.15, 0.2) is 259 Å². The van der Waals surface area contributed by atoms with E-state index in [9.17, 15) is 14.4 Å². The van der Waals surface area contributed by atoms with E-state index in [1.807, 2.05) is 262 Å². The molecule has 10 N–H and O–H groups in total. The van der Waals surface area contributed by atoms with E-state index in [-0.39, 0.29) is 17.3 Å². The minimum Gasteiger partial charge on any atom is -0.478 e. The van der Waals surface area contributed by atoms with Crippen molar-refractivity contribution in [2.75, 3.05) is 43.0 Å². The largest absolute Gasteiger partial charge is 0.478 e. The van der Waals surface area contributed by atoms with Crippen molar-refractivity contribution in [3.8, 4) is 0 Å². The van der Waals surface area contributed by atoms with E-state index >= 15 is 0 Å². The lowest BCUT2D eigenvalue weighted by Gasteiger charge is -2.15. The maximum atomic E-state index is 11.9. The minimum absolute atomic E-state index is 0.0120. The highest BCUT2D eigenvalue weighted by Gasteiger charge is 2.15. The summed E-state index contributed by atoms with van der Waals surface area (Å²) in [6.07, 6.45) is 1.96. The molecule has 0 aromatic heterocycles. The molecule has 106 heavy (non-hydrogen) atoms. The molecule has 0 aliphatic rings. The van der Waals surface area contributed by atoms with Gasteiger partial charge in [0.2, 0.25) is 5.91 Å². The molecule has 12 aromatic rings. The highest BCUT2D eigenvalue weighted by molar-refractivity contribution is 9.10. The fourth-order valence-electron chi connectivity index (χ4n) is 10.2. The van der Waals surface area contributed by atoms with E-state index in [0.29, 0.717) is 39.2 Å². The van der Waals surface area contributed by atoms with E-state index in [2.05, 4.69) is 78.3 Å². The maximum absolute atomic E-state index is 11.9. The van der Waals surface area contributed by atoms with Gasteiger partial charge in [-0.15, -0.1) is 0 Å². The van der Waals surface area contributed by atoms with E-state index in [4.69, 9.17) is 80.4 Å². The van der Waals surface area contributed by atoms with Gasteiger partial charge in [-0.2, -0.15) is 0 Å². The van der Waals surface area contributed by atoms with Crippen molar-refractivity contribution in [3.63, 3.8) is 0 Å². The fourth-order valence-corrected chi connectivity index (χ4v) is 11.6. The zero-order valence-corrected chi connectivity index (χ0v) is 66.4. The summed E-state index contributed by atoms with van der Waals surface area (Å²) in [6, 6.07) is 80.3. The molecule has 0 spiro atoms. The van der Waals surface area contributed by atoms with Crippen LogP contribution in [0.5, 0.6) is 0 Å². The Labute approximate surface area is 661 Å². The van der Waals surface area contributed by atoms with Crippen LogP contribution in [0.2, 0.25) is 30.1 Å². The van der Waals surface area contributed by atoms with Crippen LogP contribution < -0.4 is 43.0 Å². The lowest BCUT2D eigenvalue weighted by molar-refractivity contribution is -0.115. The Morgan fingerprint density at radius 2 is 0.604 bits per heavy atom. The summed E-state index contributed by atoms with van der Waals surface area (Å²) in [6.45, 7) is 17.6. The van der Waals surface area contributed by atoms with Gasteiger partial charge in [0.25, 0.3) is 0 Å². The number of nitrogens with one attached hydrogen (secondary N) is 7. The number of nitrogens with two attached hydrogens (primary N) is 1. The van der Waals surface area contributed by atoms with Crippen molar-refractivity contribution in [3.05, 3.63) is 339 Å². The summed E-state index contributed by atoms with van der Waals surface area (Å²) in [5.41, 5.74) is 26.6. The molecule has 0 atom stereocenters. The summed E-state index contributed by atoms with van der Waals surface area (Å²) in [7, 11) is 0. The third-order valence-corrected chi connectivity index (χ3v) is 19.8. The first-order valence-corrected chi connectivity index (χ1v) is 37.1. The van der Waals surface area contributed by atoms with Gasteiger partial charge in [0.15, 0.2) is 5.78 Å². The van der Waals surface area contributed by atoms with Crippen molar-refractivity contribution >= 4 is 183 Å². The molecule has 0 aliphatic heterocycles. The van der Waals surface area contributed by atoms with E-state index in [1.165, 1.54) is 5.56 Å². The fraction of sp³-hybridized carbons (Fsp3) is 0.138. The molecule has 12 rings (SSSR count). The number of hydrogen-bond donors (Lipinski definition) is 9. The quantitative estimate of drug-likeness (QED) is 0.0295. The predicted octanol–water partition coefficient (Wildman–Crippen LogP) is 27.9. The van der Waals surface area contributed by atoms with E-state index in [0.717, 1.165) is 133 Å². The van der Waals surface area contributed by atoms with Crippen molar-refractivity contribution in [1.82, 2.24) is 0 Å². The van der Waals surface area contributed by atoms with Crippen LogP contribution >= 0.6 is 85.5 Å². The van der Waals surface area contributed by atoms with Crippen LogP contribution in [0, 0.1) is 41.5 Å². The first kappa shape index (κ1) is 83.3. The molecular weight excluding hydrogens is 1510 g/mol. The molecule has 12 nitrogen and oxygen atoms in total. The Kier molecular flexibility index (Phi) is 33.2. The van der Waals surface area contributed by atoms with Crippen molar-refractivity contribution in [2.45, 2.75) is 81.6 Å². The number of ketones is 1. The second-order valence-corrected chi connectivity index (χ2v) is 27.2. The number of amides is 1. The number of carboxylic acid groups (broad SMARTS) is 1. The predicted molar refractivity (Wildman–Crippen MR) is 457 cm³/mol. The number of carbonyl (C=O) groups excluding carboxylic acids is 2. The van der Waals surface area contributed by atoms with Crippen LogP contribution in [0.4, 0.5) is 79.6 Å². The van der Waals surface area contributed by atoms with Crippen molar-refractivity contribution in [2.24, 2.45) is 0 Å². The third-order valence-electron chi connectivity index (χ3n) is 16.7. The highest BCUT2D eigenvalue weighted by atomic mass is 79.9. The third kappa shape index (κ3) is 24.6. The second kappa shape index (κ2) is 42.3. The van der Waals surface area contributed by atoms with Crippen LogP contribution in [-0.4, -0.2) is 22.8 Å². The second-order valence-electron chi connectivity index (χ2n) is 23.9. The Morgan fingerprint density at radius 1 is 0.321 bits per heavy atom. The van der Waals surface area contributed by atoms with Crippen LogP contribution in [0.1, 0.15) is 93.3 Å². The monoisotopic (exact) mass is 1590 g/mol. The number of carboxylic acids is 1. The number of nitrogen functional groups attached to an aromatic ring is 1. The normalized spacial score (nSPS) is 10.2. The summed E-state index contributed by atoms with van der Waals surface area (Å²) in [4.78, 5) is 34.6. The van der Waals surface area contributed by atoms with Gasteiger partial charge >= 0.3 is 5.97 Å². The summed E-state index contributed by atoms with van der Waals surface area (Å²) in [5, 5.41) is 36.1. The zero-order chi connectivity index (χ0) is 76.8. The molecule has 0 radical (unpaired) electrons. The van der Waals surface area contributed by atoms with Crippen molar-refractivity contribution in [1.29, 1.82) is 0 Å². The number of hydrogen-bond acceptors (Lipinski definition) is 10. The molecular formula is C87H85BrCl6N8O4. The summed E-state index contributed by atoms with van der Waals surface area (Å²) < 4.78 is 1.04. The van der Waals surface area contributed by atoms with Crippen LogP contribution in [0.25, 0.3) is 0 Å². The van der Waals surface area contributed by atoms with Gasteiger partial charge in [-0.25, -0.2) is 4.79 Å². The number of para-hydroxylation sites is 8. The van der Waals surface area contributed by atoms with Crippen molar-refractivity contribution < 1.29 is 19.5 Å². The summed E-state index contributed by atoms with van der Waals surface area (Å²) >= 11 is 40.0. The van der Waals surface area contributed by atoms with Crippen LogP contribution in [0.3, 0.4) is 0 Å². The van der Waals surface area contributed by atoms with Gasteiger partial charge in [-0.3, -0.25) is 9.59 Å². The van der Waals surface area contributed by atoms with E-state index < -0.39 is 5.97 Å². The summed E-state index contributed by atoms with van der Waals surface area (Å²) in [5.74, 6) is -0.845. The van der Waals surface area contributed by atoms with Gasteiger partial charge < -0.3 is 48.1 Å². The first-order chi connectivity index (χ1) is 50.9. The molecule has 1 amide bonds. The lowest BCUT2D eigenvalue weighted by Crippen LogP contribution is -2.11. The molecule has 0 saturated carbocycles. The van der Waals surface area contributed by atoms with Gasteiger partial charge in [0.05, 0.1) is 39.7 Å². The molecule has 0 heterocycles. The molecule has 12 aromatic carbocycles. The number of aromatic carboxylic acids is 1. The number of halogens is 7. The number of carbonyl (C=O) groups is 3. The minimum atomic E-state index is -0.960. The average molecular weight is 1600 g/mol.